The highest BCUT2D eigenvalue weighted by molar-refractivity contribution is 6.31. The minimum Gasteiger partial charge on any atom is -0.353 e. The van der Waals surface area contributed by atoms with Crippen LogP contribution in [-0.2, 0) is 12.8 Å². The zero-order valence-electron chi connectivity index (χ0n) is 13.1. The van der Waals surface area contributed by atoms with E-state index in [0.29, 0.717) is 0 Å². The van der Waals surface area contributed by atoms with E-state index >= 15 is 0 Å². The first-order chi connectivity index (χ1) is 11.8. The maximum atomic E-state index is 6.23. The number of fused-ring (bicyclic) bond motifs is 5. The first kappa shape index (κ1) is 13.9. The fourth-order valence-electron chi connectivity index (χ4n) is 3.73. The topological polar surface area (TPSA) is 33.6 Å². The van der Waals surface area contributed by atoms with E-state index in [1.807, 2.05) is 30.5 Å². The molecule has 4 aromatic rings. The van der Waals surface area contributed by atoms with Gasteiger partial charge in [0.2, 0.25) is 0 Å². The van der Waals surface area contributed by atoms with Gasteiger partial charge in [0.25, 0.3) is 0 Å². The number of halogens is 1. The van der Waals surface area contributed by atoms with Gasteiger partial charge in [-0.1, -0.05) is 29.8 Å². The molecule has 2 aromatic heterocycles. The van der Waals surface area contributed by atoms with E-state index in [1.165, 1.54) is 27.9 Å². The van der Waals surface area contributed by atoms with Crippen LogP contribution in [0.5, 0.6) is 0 Å². The highest BCUT2D eigenvalue weighted by atomic mass is 35.5. The molecule has 0 fully saturated rings. The number of aromatic amines is 1. The van der Waals surface area contributed by atoms with E-state index in [9.17, 15) is 0 Å². The number of para-hydroxylation sites is 1. The Bertz CT molecular complexity index is 1040. The molecule has 5 rings (SSSR count). The van der Waals surface area contributed by atoms with Crippen LogP contribution in [0.1, 0.15) is 17.5 Å². The molecule has 24 heavy (non-hydrogen) atoms. The smallest absolute Gasteiger partial charge is 0.0938 e. The Labute approximate surface area is 144 Å². The van der Waals surface area contributed by atoms with Crippen LogP contribution in [0.15, 0.2) is 54.7 Å². The van der Waals surface area contributed by atoms with Crippen molar-refractivity contribution in [1.29, 1.82) is 0 Å². The molecule has 2 heterocycles. The van der Waals surface area contributed by atoms with Gasteiger partial charge >= 0.3 is 0 Å². The predicted octanol–water partition coefficient (Wildman–Crippen LogP) is 5.16. The molecule has 0 spiro atoms. The molecule has 0 amide bonds. The summed E-state index contributed by atoms with van der Waals surface area (Å²) in [5.41, 5.74) is 7.24. The molecule has 1 N–H and O–H groups in total. The fourth-order valence-corrected chi connectivity index (χ4v) is 3.91. The van der Waals surface area contributed by atoms with Crippen LogP contribution in [0, 0.1) is 0 Å². The number of H-pyrrole nitrogens is 1. The lowest BCUT2D eigenvalue weighted by Gasteiger charge is -2.08. The molecule has 0 saturated carbocycles. The number of benzene rings is 2. The summed E-state index contributed by atoms with van der Waals surface area (Å²) in [4.78, 5) is 3.62. The molecule has 0 radical (unpaired) electrons. The van der Waals surface area contributed by atoms with E-state index in [0.717, 1.165) is 35.5 Å². The van der Waals surface area contributed by atoms with Crippen molar-refractivity contribution in [2.24, 2.45) is 0 Å². The van der Waals surface area contributed by atoms with E-state index in [2.05, 4.69) is 39.0 Å². The number of hydrogen-bond donors (Lipinski definition) is 1. The van der Waals surface area contributed by atoms with Crippen molar-refractivity contribution >= 4 is 22.5 Å². The standard InChI is InChI=1S/C20H16ClN3/c21-14-9-10-18-17(11-14)16-8-4-5-13-12-22-24(20(13)19(16)23-18)15-6-2-1-3-7-15/h1-3,6-7,9-12,23H,4-5,8H2. The Morgan fingerprint density at radius 2 is 1.92 bits per heavy atom. The Hall–Kier alpha value is -2.52. The minimum absolute atomic E-state index is 0.783. The summed E-state index contributed by atoms with van der Waals surface area (Å²) in [5.74, 6) is 0. The Morgan fingerprint density at radius 3 is 2.79 bits per heavy atom. The third-order valence-corrected chi connectivity index (χ3v) is 5.06. The first-order valence-corrected chi connectivity index (χ1v) is 8.62. The predicted molar refractivity (Wildman–Crippen MR) is 97.9 cm³/mol. The fraction of sp³-hybridized carbons (Fsp3) is 0.150. The van der Waals surface area contributed by atoms with Crippen molar-refractivity contribution in [1.82, 2.24) is 14.8 Å². The Morgan fingerprint density at radius 1 is 1.04 bits per heavy atom. The third kappa shape index (κ3) is 2.01. The molecular formula is C20H16ClN3. The summed E-state index contributed by atoms with van der Waals surface area (Å²) in [7, 11) is 0. The number of rotatable bonds is 1. The summed E-state index contributed by atoms with van der Waals surface area (Å²) < 4.78 is 2.05. The van der Waals surface area contributed by atoms with Crippen LogP contribution in [0.4, 0.5) is 0 Å². The number of nitrogens with zero attached hydrogens (tertiary/aromatic N) is 2. The normalized spacial score (nSPS) is 13.5. The van der Waals surface area contributed by atoms with Crippen molar-refractivity contribution in [2.45, 2.75) is 19.3 Å². The molecule has 0 saturated heterocycles. The summed E-state index contributed by atoms with van der Waals surface area (Å²) in [6, 6.07) is 16.4. The lowest BCUT2D eigenvalue weighted by Crippen LogP contribution is -2.00. The lowest BCUT2D eigenvalue weighted by molar-refractivity contribution is 0.838. The van der Waals surface area contributed by atoms with Crippen LogP contribution in [0.3, 0.4) is 0 Å². The molecule has 0 bridgehead atoms. The second kappa shape index (κ2) is 5.25. The van der Waals surface area contributed by atoms with E-state index in [1.54, 1.807) is 0 Å². The molecule has 4 heteroatoms. The minimum atomic E-state index is 0.783. The molecule has 3 nitrogen and oxygen atoms in total. The summed E-state index contributed by atoms with van der Waals surface area (Å²) in [6.07, 6.45) is 5.24. The van der Waals surface area contributed by atoms with Gasteiger partial charge in [-0.3, -0.25) is 0 Å². The van der Waals surface area contributed by atoms with Gasteiger partial charge in [0.05, 0.1) is 23.3 Å². The number of hydrogen-bond acceptors (Lipinski definition) is 1. The van der Waals surface area contributed by atoms with Crippen molar-refractivity contribution in [3.05, 3.63) is 70.9 Å². The molecule has 2 aromatic carbocycles. The van der Waals surface area contributed by atoms with E-state index in [-0.39, 0.29) is 0 Å². The SMILES string of the molecule is Clc1ccc2[nH]c3c(c2c1)CCCc1cnn(-c2ccccc2)c1-3. The molecule has 118 valence electrons. The average molecular weight is 334 g/mol. The Balaban J connectivity index is 1.82. The van der Waals surface area contributed by atoms with Crippen LogP contribution < -0.4 is 0 Å². The van der Waals surface area contributed by atoms with Crippen molar-refractivity contribution in [2.75, 3.05) is 0 Å². The maximum Gasteiger partial charge on any atom is 0.0938 e. The van der Waals surface area contributed by atoms with Gasteiger partial charge in [-0.05, 0) is 55.2 Å². The number of nitrogens with one attached hydrogen (secondary N) is 1. The maximum absolute atomic E-state index is 6.23. The van der Waals surface area contributed by atoms with Crippen molar-refractivity contribution in [3.63, 3.8) is 0 Å². The molecule has 0 unspecified atom stereocenters. The molecular weight excluding hydrogens is 318 g/mol. The van der Waals surface area contributed by atoms with Gasteiger partial charge < -0.3 is 4.98 Å². The van der Waals surface area contributed by atoms with E-state index < -0.39 is 0 Å². The first-order valence-electron chi connectivity index (χ1n) is 8.24. The zero-order chi connectivity index (χ0) is 16.1. The molecule has 1 aliphatic carbocycles. The van der Waals surface area contributed by atoms with Gasteiger partial charge in [0.15, 0.2) is 0 Å². The Kier molecular flexibility index (Phi) is 3.03. The van der Waals surface area contributed by atoms with Gasteiger partial charge in [-0.2, -0.15) is 5.10 Å². The summed E-state index contributed by atoms with van der Waals surface area (Å²) >= 11 is 6.23. The quantitative estimate of drug-likeness (QED) is 0.512. The summed E-state index contributed by atoms with van der Waals surface area (Å²) in [6.45, 7) is 0. The van der Waals surface area contributed by atoms with E-state index in [4.69, 9.17) is 11.6 Å². The van der Waals surface area contributed by atoms with Gasteiger partial charge in [-0.15, -0.1) is 0 Å². The third-order valence-electron chi connectivity index (χ3n) is 4.82. The molecule has 1 aliphatic rings. The zero-order valence-corrected chi connectivity index (χ0v) is 13.8. The largest absolute Gasteiger partial charge is 0.353 e. The van der Waals surface area contributed by atoms with Crippen molar-refractivity contribution < 1.29 is 0 Å². The second-order valence-electron chi connectivity index (χ2n) is 6.29. The second-order valence-corrected chi connectivity index (χ2v) is 6.72. The van der Waals surface area contributed by atoms with Crippen LogP contribution in [0.25, 0.3) is 28.0 Å². The lowest BCUT2D eigenvalue weighted by atomic mass is 10.1. The highest BCUT2D eigenvalue weighted by Crippen LogP contribution is 2.38. The highest BCUT2D eigenvalue weighted by Gasteiger charge is 2.23. The van der Waals surface area contributed by atoms with Gasteiger partial charge in [0, 0.05) is 21.5 Å². The number of aromatic nitrogens is 3. The molecule has 0 atom stereocenters. The van der Waals surface area contributed by atoms with Crippen LogP contribution in [-0.4, -0.2) is 14.8 Å². The van der Waals surface area contributed by atoms with Crippen LogP contribution in [0.2, 0.25) is 5.02 Å². The van der Waals surface area contributed by atoms with Crippen LogP contribution >= 0.6 is 11.6 Å². The summed E-state index contributed by atoms with van der Waals surface area (Å²) in [5, 5.41) is 6.68. The van der Waals surface area contributed by atoms with Gasteiger partial charge in [-0.25, -0.2) is 4.68 Å². The monoisotopic (exact) mass is 333 g/mol. The number of aryl methyl sites for hydroxylation is 2. The molecule has 0 aliphatic heterocycles. The van der Waals surface area contributed by atoms with Crippen molar-refractivity contribution in [3.8, 4) is 17.1 Å². The average Bonchev–Trinajstić information content (AvgIpc) is 3.13. The van der Waals surface area contributed by atoms with Gasteiger partial charge in [0.1, 0.15) is 0 Å².